The van der Waals surface area contributed by atoms with Gasteiger partial charge in [-0.3, -0.25) is 9.10 Å². The quantitative estimate of drug-likeness (QED) is 0.390. The number of nitrogens with zero attached hydrogens (tertiary/aromatic N) is 1. The van der Waals surface area contributed by atoms with Gasteiger partial charge in [0.2, 0.25) is 10.0 Å². The van der Waals surface area contributed by atoms with Crippen molar-refractivity contribution in [3.05, 3.63) is 93.4 Å². The molecular weight excluding hydrogens is 528 g/mol. The van der Waals surface area contributed by atoms with Gasteiger partial charge in [-0.15, -0.1) is 0 Å². The van der Waals surface area contributed by atoms with E-state index < -0.39 is 10.0 Å². The number of rotatable bonds is 9. The van der Waals surface area contributed by atoms with E-state index in [9.17, 15) is 13.2 Å². The molecule has 1 atom stereocenters. The molecule has 33 heavy (non-hydrogen) atoms. The number of hydrogen-bond donors (Lipinski definition) is 1. The van der Waals surface area contributed by atoms with Crippen LogP contribution >= 0.6 is 27.5 Å². The van der Waals surface area contributed by atoms with Crippen LogP contribution in [0.3, 0.4) is 0 Å². The number of anilines is 1. The summed E-state index contributed by atoms with van der Waals surface area (Å²) in [6.07, 6.45) is 1.16. The lowest BCUT2D eigenvalue weighted by atomic mass is 10.1. The Bertz CT molecular complexity index is 1200. The summed E-state index contributed by atoms with van der Waals surface area (Å²) in [5.41, 5.74) is 2.28. The highest BCUT2D eigenvalue weighted by Crippen LogP contribution is 2.24. The molecule has 3 rings (SSSR count). The molecule has 0 radical (unpaired) electrons. The van der Waals surface area contributed by atoms with Gasteiger partial charge in [0.05, 0.1) is 24.5 Å². The Morgan fingerprint density at radius 2 is 1.76 bits per heavy atom. The van der Waals surface area contributed by atoms with E-state index in [0.29, 0.717) is 16.5 Å². The number of amides is 1. The molecule has 0 heterocycles. The molecule has 3 aromatic carbocycles. The molecule has 0 aliphatic heterocycles. The standard InChI is InChI=1S/C24H24BrClN2O4S/c1-17(19-4-3-5-20(25)14-19)27-24(29)16-32-23-12-10-22(11-13-23)28(33(2,30)31)15-18-6-8-21(26)9-7-18/h3-14,17H,15-16H2,1-2H3,(H,27,29)/t17-/m1/s1. The Morgan fingerprint density at radius 3 is 2.36 bits per heavy atom. The molecule has 0 fully saturated rings. The van der Waals surface area contributed by atoms with Crippen molar-refractivity contribution in [1.29, 1.82) is 0 Å². The van der Waals surface area contributed by atoms with Crippen molar-refractivity contribution < 1.29 is 17.9 Å². The first-order valence-electron chi connectivity index (χ1n) is 10.1. The maximum Gasteiger partial charge on any atom is 0.258 e. The molecule has 0 saturated heterocycles. The van der Waals surface area contributed by atoms with E-state index in [1.165, 1.54) is 4.31 Å². The highest BCUT2D eigenvalue weighted by Gasteiger charge is 2.18. The number of nitrogens with one attached hydrogen (secondary N) is 1. The second-order valence-corrected chi connectivity index (χ2v) is 10.8. The van der Waals surface area contributed by atoms with Gasteiger partial charge in [0.25, 0.3) is 5.91 Å². The monoisotopic (exact) mass is 550 g/mol. The van der Waals surface area contributed by atoms with E-state index in [1.54, 1.807) is 48.5 Å². The van der Waals surface area contributed by atoms with Crippen LogP contribution in [-0.2, 0) is 21.4 Å². The Morgan fingerprint density at radius 1 is 1.09 bits per heavy atom. The van der Waals surface area contributed by atoms with Crippen molar-refractivity contribution in [3.63, 3.8) is 0 Å². The van der Waals surface area contributed by atoms with E-state index in [0.717, 1.165) is 21.9 Å². The number of hydrogen-bond acceptors (Lipinski definition) is 4. The third-order valence-corrected chi connectivity index (χ3v) is 6.75. The lowest BCUT2D eigenvalue weighted by Gasteiger charge is -2.23. The lowest BCUT2D eigenvalue weighted by molar-refractivity contribution is -0.123. The van der Waals surface area contributed by atoms with Crippen LogP contribution < -0.4 is 14.4 Å². The maximum absolute atomic E-state index is 12.4. The Balaban J connectivity index is 1.61. The van der Waals surface area contributed by atoms with E-state index in [2.05, 4.69) is 21.2 Å². The summed E-state index contributed by atoms with van der Waals surface area (Å²) >= 11 is 9.34. The molecule has 0 spiro atoms. The lowest BCUT2D eigenvalue weighted by Crippen LogP contribution is -2.31. The van der Waals surface area contributed by atoms with E-state index in [-0.39, 0.29) is 25.1 Å². The Labute approximate surface area is 207 Å². The van der Waals surface area contributed by atoms with Crippen LogP contribution in [0.4, 0.5) is 5.69 Å². The molecule has 9 heteroatoms. The number of benzene rings is 3. The molecule has 6 nitrogen and oxygen atoms in total. The molecule has 0 aliphatic carbocycles. The van der Waals surface area contributed by atoms with Crippen LogP contribution in [0.1, 0.15) is 24.1 Å². The van der Waals surface area contributed by atoms with Crippen molar-refractivity contribution >= 4 is 49.1 Å². The number of carbonyl (C=O) groups excluding carboxylic acids is 1. The zero-order valence-electron chi connectivity index (χ0n) is 18.2. The normalized spacial score (nSPS) is 12.1. The van der Waals surface area contributed by atoms with Crippen molar-refractivity contribution in [1.82, 2.24) is 5.32 Å². The molecule has 1 N–H and O–H groups in total. The molecule has 0 bridgehead atoms. The summed E-state index contributed by atoms with van der Waals surface area (Å²) in [5.74, 6) is 0.205. The minimum atomic E-state index is -3.52. The zero-order chi connectivity index (χ0) is 24.0. The minimum Gasteiger partial charge on any atom is -0.484 e. The summed E-state index contributed by atoms with van der Waals surface area (Å²) in [6, 6.07) is 21.1. The molecule has 174 valence electrons. The molecule has 0 unspecified atom stereocenters. The number of ether oxygens (including phenoxy) is 1. The molecule has 3 aromatic rings. The zero-order valence-corrected chi connectivity index (χ0v) is 21.3. The summed E-state index contributed by atoms with van der Waals surface area (Å²) in [5, 5.41) is 3.48. The van der Waals surface area contributed by atoms with Gasteiger partial charge in [-0.1, -0.05) is 51.8 Å². The van der Waals surface area contributed by atoms with Crippen LogP contribution in [-0.4, -0.2) is 27.2 Å². The van der Waals surface area contributed by atoms with E-state index >= 15 is 0 Å². The van der Waals surface area contributed by atoms with Gasteiger partial charge in [-0.2, -0.15) is 0 Å². The Hall–Kier alpha value is -2.55. The van der Waals surface area contributed by atoms with Gasteiger partial charge >= 0.3 is 0 Å². The van der Waals surface area contributed by atoms with Crippen molar-refractivity contribution in [3.8, 4) is 5.75 Å². The fourth-order valence-corrected chi connectivity index (χ4v) is 4.59. The third-order valence-electron chi connectivity index (χ3n) is 4.86. The van der Waals surface area contributed by atoms with Gasteiger partial charge < -0.3 is 10.1 Å². The van der Waals surface area contributed by atoms with Crippen LogP contribution in [0, 0.1) is 0 Å². The first-order valence-corrected chi connectivity index (χ1v) is 13.1. The predicted molar refractivity (Wildman–Crippen MR) is 135 cm³/mol. The van der Waals surface area contributed by atoms with Gasteiger partial charge in [-0.05, 0) is 66.6 Å². The fourth-order valence-electron chi connectivity index (χ4n) is 3.16. The summed E-state index contributed by atoms with van der Waals surface area (Å²) in [7, 11) is -3.52. The highest BCUT2D eigenvalue weighted by atomic mass is 79.9. The van der Waals surface area contributed by atoms with Crippen LogP contribution in [0.15, 0.2) is 77.3 Å². The van der Waals surface area contributed by atoms with Crippen molar-refractivity contribution in [2.75, 3.05) is 17.2 Å². The van der Waals surface area contributed by atoms with Crippen molar-refractivity contribution in [2.24, 2.45) is 0 Å². The largest absolute Gasteiger partial charge is 0.484 e. The smallest absolute Gasteiger partial charge is 0.258 e. The topological polar surface area (TPSA) is 75.7 Å². The third kappa shape index (κ3) is 7.48. The number of halogens is 2. The van der Waals surface area contributed by atoms with E-state index in [1.807, 2.05) is 31.2 Å². The summed E-state index contributed by atoms with van der Waals surface area (Å²) in [6.45, 7) is 1.92. The molecule has 1 amide bonds. The average molecular weight is 552 g/mol. The van der Waals surface area contributed by atoms with Gasteiger partial charge in [-0.25, -0.2) is 8.42 Å². The predicted octanol–water partition coefficient (Wildman–Crippen LogP) is 5.32. The summed E-state index contributed by atoms with van der Waals surface area (Å²) in [4.78, 5) is 12.3. The van der Waals surface area contributed by atoms with Gasteiger partial charge in [0.15, 0.2) is 6.61 Å². The van der Waals surface area contributed by atoms with Crippen molar-refractivity contribution in [2.45, 2.75) is 19.5 Å². The number of carbonyl (C=O) groups is 1. The molecule has 0 aromatic heterocycles. The SMILES string of the molecule is C[C@@H](NC(=O)COc1ccc(N(Cc2ccc(Cl)cc2)S(C)(=O)=O)cc1)c1cccc(Br)c1. The fraction of sp³-hybridized carbons (Fsp3) is 0.208. The minimum absolute atomic E-state index is 0.155. The molecule has 0 saturated carbocycles. The highest BCUT2D eigenvalue weighted by molar-refractivity contribution is 9.10. The number of sulfonamides is 1. The van der Waals surface area contributed by atoms with Crippen LogP contribution in [0.25, 0.3) is 0 Å². The second kappa shape index (κ2) is 11.0. The summed E-state index contributed by atoms with van der Waals surface area (Å²) < 4.78 is 32.5. The van der Waals surface area contributed by atoms with Gasteiger partial charge in [0.1, 0.15) is 5.75 Å². The molecular formula is C24H24BrClN2O4S. The van der Waals surface area contributed by atoms with Crippen LogP contribution in [0.5, 0.6) is 5.75 Å². The second-order valence-electron chi connectivity index (χ2n) is 7.52. The van der Waals surface area contributed by atoms with Crippen LogP contribution in [0.2, 0.25) is 5.02 Å². The Kier molecular flexibility index (Phi) is 8.40. The van der Waals surface area contributed by atoms with Gasteiger partial charge in [0, 0.05) is 9.50 Å². The maximum atomic E-state index is 12.4. The average Bonchev–Trinajstić information content (AvgIpc) is 2.77. The molecule has 0 aliphatic rings. The van der Waals surface area contributed by atoms with E-state index in [4.69, 9.17) is 16.3 Å². The first-order chi connectivity index (χ1) is 15.6. The first kappa shape index (κ1) is 25.1.